The van der Waals surface area contributed by atoms with Crippen molar-refractivity contribution in [1.82, 2.24) is 0 Å². The summed E-state index contributed by atoms with van der Waals surface area (Å²) in [6.45, 7) is 6.83. The lowest BCUT2D eigenvalue weighted by atomic mass is 10.3. The van der Waals surface area contributed by atoms with Crippen molar-refractivity contribution >= 4 is 13.5 Å². The fourth-order valence-electron chi connectivity index (χ4n) is 1.75. The van der Waals surface area contributed by atoms with Crippen LogP contribution in [0.1, 0.15) is 18.2 Å². The number of hydrogen-bond donors (Lipinski definition) is 0. The lowest BCUT2D eigenvalue weighted by molar-refractivity contribution is 0.505. The van der Waals surface area contributed by atoms with Gasteiger partial charge in [-0.25, -0.2) is 0 Å². The summed E-state index contributed by atoms with van der Waals surface area (Å²) in [4.78, 5) is 0. The van der Waals surface area contributed by atoms with E-state index < -0.39 is 8.07 Å². The highest BCUT2D eigenvalue weighted by Gasteiger charge is 2.35. The molecule has 15 heavy (non-hydrogen) atoms. The fourth-order valence-corrected chi connectivity index (χ4v) is 3.95. The molecular weight excluding hydrogens is 204 g/mol. The van der Waals surface area contributed by atoms with Gasteiger partial charge in [-0.3, -0.25) is 0 Å². The normalized spacial score (nSPS) is 14.1. The largest absolute Gasteiger partial charge is 0.474 e. The molecule has 0 spiro atoms. The van der Waals surface area contributed by atoms with Crippen LogP contribution in [-0.4, -0.2) is 8.07 Å². The minimum Gasteiger partial charge on any atom is -0.474 e. The van der Waals surface area contributed by atoms with Crippen LogP contribution in [0.15, 0.2) is 45.6 Å². The van der Waals surface area contributed by atoms with Crippen LogP contribution in [0.25, 0.3) is 0 Å². The quantitative estimate of drug-likeness (QED) is 0.743. The van der Waals surface area contributed by atoms with E-state index in [1.54, 1.807) is 12.5 Å². The monoisotopic (exact) mass is 220 g/mol. The molecule has 0 saturated heterocycles. The number of hydrogen-bond acceptors (Lipinski definition) is 2. The Morgan fingerprint density at radius 2 is 1.73 bits per heavy atom. The van der Waals surface area contributed by atoms with E-state index in [1.165, 1.54) is 0 Å². The molecule has 2 nitrogen and oxygen atoms in total. The lowest BCUT2D eigenvalue weighted by Gasteiger charge is -2.25. The maximum atomic E-state index is 5.54. The summed E-state index contributed by atoms with van der Waals surface area (Å²) in [5.74, 6) is 1.06. The van der Waals surface area contributed by atoms with Crippen molar-refractivity contribution in [3.05, 3.63) is 42.6 Å². The maximum Gasteiger partial charge on any atom is 0.136 e. The van der Waals surface area contributed by atoms with Crippen molar-refractivity contribution in [2.75, 3.05) is 0 Å². The Kier molecular flexibility index (Phi) is 2.57. The van der Waals surface area contributed by atoms with Crippen LogP contribution in [0.2, 0.25) is 13.1 Å². The second-order valence-corrected chi connectivity index (χ2v) is 9.24. The number of furan rings is 2. The molecule has 0 aliphatic heterocycles. The van der Waals surface area contributed by atoms with E-state index in [-0.39, 0.29) is 0 Å². The zero-order chi connectivity index (χ0) is 10.9. The molecule has 2 aromatic rings. The predicted molar refractivity (Wildman–Crippen MR) is 62.9 cm³/mol. The second-order valence-electron chi connectivity index (χ2n) is 4.44. The van der Waals surface area contributed by atoms with Gasteiger partial charge >= 0.3 is 0 Å². The summed E-state index contributed by atoms with van der Waals surface area (Å²) in [6.07, 6.45) is 3.48. The highest BCUT2D eigenvalue weighted by molar-refractivity contribution is 6.89. The van der Waals surface area contributed by atoms with Crippen LogP contribution < -0.4 is 5.38 Å². The predicted octanol–water partition coefficient (Wildman–Crippen LogP) is 3.13. The molecule has 0 bridgehead atoms. The molecule has 2 aromatic heterocycles. The van der Waals surface area contributed by atoms with Gasteiger partial charge in [-0.05, 0) is 24.3 Å². The Morgan fingerprint density at radius 1 is 1.07 bits per heavy atom. The van der Waals surface area contributed by atoms with Crippen LogP contribution in [0.4, 0.5) is 0 Å². The standard InChI is InChI=1S/C12H16O2Si/c1-10(11-6-4-8-13-11)15(2,3)12-7-5-9-14-12/h4-10H,1-3H3. The van der Waals surface area contributed by atoms with Crippen LogP contribution in [-0.2, 0) is 0 Å². The third kappa shape index (κ3) is 1.79. The van der Waals surface area contributed by atoms with Gasteiger partial charge in [0.25, 0.3) is 0 Å². The van der Waals surface area contributed by atoms with Crippen molar-refractivity contribution in [2.45, 2.75) is 25.6 Å². The summed E-state index contributed by atoms with van der Waals surface area (Å²) in [7, 11) is -1.60. The van der Waals surface area contributed by atoms with Crippen molar-refractivity contribution in [1.29, 1.82) is 0 Å². The Labute approximate surface area is 90.9 Å². The van der Waals surface area contributed by atoms with Gasteiger partial charge in [0, 0.05) is 5.54 Å². The molecule has 0 fully saturated rings. The molecule has 3 heteroatoms. The van der Waals surface area contributed by atoms with E-state index in [0.29, 0.717) is 5.54 Å². The minimum atomic E-state index is -1.60. The van der Waals surface area contributed by atoms with E-state index >= 15 is 0 Å². The third-order valence-electron chi connectivity index (χ3n) is 3.21. The van der Waals surface area contributed by atoms with E-state index in [1.807, 2.05) is 18.2 Å². The van der Waals surface area contributed by atoms with Gasteiger partial charge in [0.05, 0.1) is 17.9 Å². The van der Waals surface area contributed by atoms with Gasteiger partial charge in [0.15, 0.2) is 0 Å². The van der Waals surface area contributed by atoms with Crippen molar-refractivity contribution in [3.63, 3.8) is 0 Å². The van der Waals surface area contributed by atoms with E-state index in [2.05, 4.69) is 26.1 Å². The van der Waals surface area contributed by atoms with Gasteiger partial charge in [0.2, 0.25) is 0 Å². The fraction of sp³-hybridized carbons (Fsp3) is 0.333. The van der Waals surface area contributed by atoms with Crippen molar-refractivity contribution in [2.24, 2.45) is 0 Å². The van der Waals surface area contributed by atoms with E-state index in [4.69, 9.17) is 8.83 Å². The Balaban J connectivity index is 2.30. The van der Waals surface area contributed by atoms with Gasteiger partial charge < -0.3 is 8.83 Å². The Morgan fingerprint density at radius 3 is 2.27 bits per heavy atom. The molecule has 1 unspecified atom stereocenters. The molecule has 0 aliphatic carbocycles. The molecule has 0 amide bonds. The average Bonchev–Trinajstić information content (AvgIpc) is 2.89. The first kappa shape index (κ1) is 10.3. The number of rotatable bonds is 3. The third-order valence-corrected chi connectivity index (χ3v) is 7.21. The molecule has 0 N–H and O–H groups in total. The van der Waals surface area contributed by atoms with E-state index in [9.17, 15) is 0 Å². The summed E-state index contributed by atoms with van der Waals surface area (Å²) >= 11 is 0. The highest BCUT2D eigenvalue weighted by atomic mass is 28.3. The highest BCUT2D eigenvalue weighted by Crippen LogP contribution is 2.26. The zero-order valence-corrected chi connectivity index (χ0v) is 10.4. The molecule has 0 saturated carbocycles. The van der Waals surface area contributed by atoms with Crippen LogP contribution >= 0.6 is 0 Å². The molecule has 2 heterocycles. The average molecular weight is 220 g/mol. The van der Waals surface area contributed by atoms with Gasteiger partial charge in [-0.1, -0.05) is 20.0 Å². The van der Waals surface area contributed by atoms with E-state index in [0.717, 1.165) is 11.1 Å². The molecule has 80 valence electrons. The summed E-state index contributed by atoms with van der Waals surface area (Å²) in [5, 5.41) is 1.13. The lowest BCUT2D eigenvalue weighted by Crippen LogP contribution is -2.45. The first-order valence-electron chi connectivity index (χ1n) is 5.20. The Bertz CT molecular complexity index is 401. The second kappa shape index (κ2) is 3.74. The smallest absolute Gasteiger partial charge is 0.136 e. The first-order chi connectivity index (χ1) is 7.12. The SMILES string of the molecule is CC(c1ccco1)[Si](C)(C)c1ccco1. The van der Waals surface area contributed by atoms with Gasteiger partial charge in [-0.15, -0.1) is 0 Å². The van der Waals surface area contributed by atoms with Crippen molar-refractivity contribution in [3.8, 4) is 0 Å². The minimum absolute atomic E-state index is 0.429. The molecule has 0 aliphatic rings. The Hall–Kier alpha value is -1.22. The molecule has 2 rings (SSSR count). The van der Waals surface area contributed by atoms with Gasteiger partial charge in [0.1, 0.15) is 13.8 Å². The molecule has 0 aromatic carbocycles. The zero-order valence-electron chi connectivity index (χ0n) is 9.36. The molecular formula is C12H16O2Si. The first-order valence-corrected chi connectivity index (χ1v) is 8.27. The van der Waals surface area contributed by atoms with Crippen LogP contribution in [0.3, 0.4) is 0 Å². The van der Waals surface area contributed by atoms with Crippen LogP contribution in [0.5, 0.6) is 0 Å². The summed E-state index contributed by atoms with van der Waals surface area (Å²) < 4.78 is 11.0. The van der Waals surface area contributed by atoms with Gasteiger partial charge in [-0.2, -0.15) is 0 Å². The molecule has 0 radical (unpaired) electrons. The topological polar surface area (TPSA) is 26.3 Å². The summed E-state index contributed by atoms with van der Waals surface area (Å²) in [6, 6.07) is 8.02. The molecule has 1 atom stereocenters. The maximum absolute atomic E-state index is 5.54. The van der Waals surface area contributed by atoms with Crippen molar-refractivity contribution < 1.29 is 8.83 Å². The summed E-state index contributed by atoms with van der Waals surface area (Å²) in [5.41, 5.74) is 0.429. The van der Waals surface area contributed by atoms with Crippen LogP contribution in [0, 0.1) is 0 Å².